The number of hydrogen-bond donors (Lipinski definition) is 1. The summed E-state index contributed by atoms with van der Waals surface area (Å²) in [6.07, 6.45) is 2.15. The highest BCUT2D eigenvalue weighted by molar-refractivity contribution is 5.97. The molecule has 0 spiro atoms. The van der Waals surface area contributed by atoms with Gasteiger partial charge in [-0.25, -0.2) is 4.39 Å². The van der Waals surface area contributed by atoms with E-state index in [1.807, 2.05) is 0 Å². The number of benzene rings is 1. The van der Waals surface area contributed by atoms with Crippen LogP contribution >= 0.6 is 0 Å². The molecule has 4 heteroatoms. The fourth-order valence-corrected chi connectivity index (χ4v) is 2.61. The minimum Gasteiger partial charge on any atom is -0.317 e. The molecule has 1 heterocycles. The number of rotatable bonds is 5. The maximum Gasteiger partial charge on any atom is 0.176 e. The quantitative estimate of drug-likeness (QED) is 0.826. The molecule has 104 valence electrons. The maximum atomic E-state index is 13.1. The van der Waals surface area contributed by atoms with Gasteiger partial charge in [0.2, 0.25) is 0 Å². The second kappa shape index (κ2) is 6.78. The zero-order valence-electron chi connectivity index (χ0n) is 11.4. The van der Waals surface area contributed by atoms with Gasteiger partial charge in [0.25, 0.3) is 0 Å². The Kier molecular flexibility index (Phi) is 5.05. The molecule has 1 aromatic rings. The third kappa shape index (κ3) is 3.85. The van der Waals surface area contributed by atoms with Crippen LogP contribution in [0.25, 0.3) is 0 Å². The summed E-state index contributed by atoms with van der Waals surface area (Å²) in [6, 6.07) is 6.41. The first-order valence-electron chi connectivity index (χ1n) is 6.94. The number of ketones is 1. The molecular formula is C15H21FN2O. The van der Waals surface area contributed by atoms with E-state index in [1.54, 1.807) is 12.1 Å². The topological polar surface area (TPSA) is 32.3 Å². The van der Waals surface area contributed by atoms with Crippen molar-refractivity contribution in [2.45, 2.75) is 25.8 Å². The zero-order chi connectivity index (χ0) is 13.7. The summed E-state index contributed by atoms with van der Waals surface area (Å²) >= 11 is 0. The summed E-state index contributed by atoms with van der Waals surface area (Å²) in [6.45, 7) is 5.32. The Morgan fingerprint density at radius 2 is 2.16 bits per heavy atom. The van der Waals surface area contributed by atoms with Gasteiger partial charge in [0.05, 0.1) is 6.54 Å². The van der Waals surface area contributed by atoms with Crippen LogP contribution in [0.2, 0.25) is 0 Å². The highest BCUT2D eigenvalue weighted by Crippen LogP contribution is 2.13. The number of carbonyl (C=O) groups is 1. The summed E-state index contributed by atoms with van der Waals surface area (Å²) in [4.78, 5) is 14.4. The summed E-state index contributed by atoms with van der Waals surface area (Å²) in [5, 5.41) is 3.32. The third-order valence-corrected chi connectivity index (χ3v) is 3.72. The Morgan fingerprint density at radius 1 is 1.42 bits per heavy atom. The lowest BCUT2D eigenvalue weighted by molar-refractivity contribution is 0.0874. The number of Topliss-reactive ketones (excluding diaryl/α,β-unsaturated/α-hetero) is 1. The van der Waals surface area contributed by atoms with Gasteiger partial charge < -0.3 is 5.32 Å². The minimum atomic E-state index is -0.351. The fourth-order valence-electron chi connectivity index (χ4n) is 2.61. The van der Waals surface area contributed by atoms with Crippen LogP contribution in [0.15, 0.2) is 24.3 Å². The van der Waals surface area contributed by atoms with Crippen LogP contribution in [-0.2, 0) is 0 Å². The van der Waals surface area contributed by atoms with E-state index < -0.39 is 0 Å². The highest BCUT2D eigenvalue weighted by Gasteiger charge is 2.22. The number of hydrogen-bond acceptors (Lipinski definition) is 3. The summed E-state index contributed by atoms with van der Waals surface area (Å²) < 4.78 is 13.1. The first-order valence-corrected chi connectivity index (χ1v) is 6.94. The largest absolute Gasteiger partial charge is 0.317 e. The lowest BCUT2D eigenvalue weighted by atomic mass is 10.0. The van der Waals surface area contributed by atoms with Gasteiger partial charge in [0.1, 0.15) is 5.82 Å². The van der Waals surface area contributed by atoms with Crippen molar-refractivity contribution < 1.29 is 9.18 Å². The van der Waals surface area contributed by atoms with Crippen molar-refractivity contribution in [3.63, 3.8) is 0 Å². The summed E-state index contributed by atoms with van der Waals surface area (Å²) in [7, 11) is 0. The van der Waals surface area contributed by atoms with Crippen molar-refractivity contribution >= 4 is 5.78 Å². The lowest BCUT2D eigenvalue weighted by Gasteiger charge is -2.33. The summed E-state index contributed by atoms with van der Waals surface area (Å²) in [5.41, 5.74) is 0.465. The molecule has 2 rings (SSSR count). The molecule has 1 aliphatic heterocycles. The molecule has 1 aliphatic rings. The average molecular weight is 264 g/mol. The normalized spacial score (nSPS) is 16.8. The SMILES string of the molecule is CCN(CC(=O)c1cccc(F)c1)C1CCNCC1. The number of nitrogens with zero attached hydrogens (tertiary/aromatic N) is 1. The number of piperidine rings is 1. The molecule has 19 heavy (non-hydrogen) atoms. The molecule has 1 N–H and O–H groups in total. The van der Waals surface area contributed by atoms with E-state index in [0.29, 0.717) is 18.2 Å². The van der Waals surface area contributed by atoms with E-state index >= 15 is 0 Å². The molecular weight excluding hydrogens is 243 g/mol. The Hall–Kier alpha value is -1.26. The van der Waals surface area contributed by atoms with Crippen molar-refractivity contribution in [1.82, 2.24) is 10.2 Å². The van der Waals surface area contributed by atoms with Gasteiger partial charge in [0, 0.05) is 11.6 Å². The Morgan fingerprint density at radius 3 is 2.79 bits per heavy atom. The highest BCUT2D eigenvalue weighted by atomic mass is 19.1. The van der Waals surface area contributed by atoms with Crippen molar-refractivity contribution in [2.24, 2.45) is 0 Å². The van der Waals surface area contributed by atoms with E-state index in [0.717, 1.165) is 32.5 Å². The third-order valence-electron chi connectivity index (χ3n) is 3.72. The van der Waals surface area contributed by atoms with Gasteiger partial charge in [-0.3, -0.25) is 9.69 Å². The van der Waals surface area contributed by atoms with Gasteiger partial charge in [-0.1, -0.05) is 19.1 Å². The molecule has 0 unspecified atom stereocenters. The lowest BCUT2D eigenvalue weighted by Crippen LogP contribution is -2.45. The molecule has 1 aromatic carbocycles. The van der Waals surface area contributed by atoms with Gasteiger partial charge >= 0.3 is 0 Å². The first kappa shape index (κ1) is 14.2. The standard InChI is InChI=1S/C15H21FN2O/c1-2-18(14-6-8-17-9-7-14)11-15(19)12-4-3-5-13(16)10-12/h3-5,10,14,17H,2,6-9,11H2,1H3. The van der Waals surface area contributed by atoms with E-state index in [1.165, 1.54) is 12.1 Å². The van der Waals surface area contributed by atoms with Crippen LogP contribution < -0.4 is 5.32 Å². The Labute approximate surface area is 113 Å². The molecule has 0 saturated carbocycles. The number of halogens is 1. The van der Waals surface area contributed by atoms with E-state index in [-0.39, 0.29) is 11.6 Å². The summed E-state index contributed by atoms with van der Waals surface area (Å²) in [5.74, 6) is -0.351. The smallest absolute Gasteiger partial charge is 0.176 e. The van der Waals surface area contributed by atoms with Gasteiger partial charge in [0.15, 0.2) is 5.78 Å². The first-order chi connectivity index (χ1) is 9.20. The molecule has 0 amide bonds. The van der Waals surface area contributed by atoms with Crippen LogP contribution in [0.4, 0.5) is 4.39 Å². The van der Waals surface area contributed by atoms with Gasteiger partial charge in [-0.15, -0.1) is 0 Å². The van der Waals surface area contributed by atoms with E-state index in [4.69, 9.17) is 0 Å². The monoisotopic (exact) mass is 264 g/mol. The number of nitrogens with one attached hydrogen (secondary N) is 1. The molecule has 1 fully saturated rings. The van der Waals surface area contributed by atoms with Crippen LogP contribution in [0.3, 0.4) is 0 Å². The maximum absolute atomic E-state index is 13.1. The molecule has 0 aromatic heterocycles. The van der Waals surface area contributed by atoms with Gasteiger partial charge in [-0.2, -0.15) is 0 Å². The molecule has 0 bridgehead atoms. The molecule has 0 atom stereocenters. The minimum absolute atomic E-state index is 0.000109. The predicted molar refractivity (Wildman–Crippen MR) is 73.9 cm³/mol. The number of likely N-dealkylation sites (N-methyl/N-ethyl adjacent to an activating group) is 1. The zero-order valence-corrected chi connectivity index (χ0v) is 11.4. The Bertz CT molecular complexity index is 430. The van der Waals surface area contributed by atoms with Gasteiger partial charge in [-0.05, 0) is 44.6 Å². The van der Waals surface area contributed by atoms with Crippen molar-refractivity contribution in [3.8, 4) is 0 Å². The molecule has 3 nitrogen and oxygen atoms in total. The molecule has 1 saturated heterocycles. The number of carbonyl (C=O) groups excluding carboxylic acids is 1. The molecule has 0 radical (unpaired) electrons. The van der Waals surface area contributed by atoms with Crippen LogP contribution in [0, 0.1) is 5.82 Å². The second-order valence-corrected chi connectivity index (χ2v) is 4.98. The van der Waals surface area contributed by atoms with Crippen LogP contribution in [0.1, 0.15) is 30.1 Å². The van der Waals surface area contributed by atoms with E-state index in [9.17, 15) is 9.18 Å². The Balaban J connectivity index is 1.99. The van der Waals surface area contributed by atoms with Crippen molar-refractivity contribution in [2.75, 3.05) is 26.2 Å². The average Bonchev–Trinajstić information content (AvgIpc) is 2.45. The van der Waals surface area contributed by atoms with Crippen molar-refractivity contribution in [1.29, 1.82) is 0 Å². The second-order valence-electron chi connectivity index (χ2n) is 4.98. The fraction of sp³-hybridized carbons (Fsp3) is 0.533. The van der Waals surface area contributed by atoms with E-state index in [2.05, 4.69) is 17.1 Å². The van der Waals surface area contributed by atoms with Crippen LogP contribution in [0.5, 0.6) is 0 Å². The van der Waals surface area contributed by atoms with Crippen LogP contribution in [-0.4, -0.2) is 42.9 Å². The molecule has 0 aliphatic carbocycles. The van der Waals surface area contributed by atoms with Crippen molar-refractivity contribution in [3.05, 3.63) is 35.6 Å². The predicted octanol–water partition coefficient (Wildman–Crippen LogP) is 2.08.